The minimum atomic E-state index is -0.951. The third kappa shape index (κ3) is 4.02. The maximum Gasteiger partial charge on any atom is 0.313 e. The zero-order chi connectivity index (χ0) is 15.4. The number of hydrogen-bond donors (Lipinski definition) is 2. The zero-order valence-corrected chi connectivity index (χ0v) is 12.6. The molecule has 1 atom stereocenters. The molecular weight excluding hydrogens is 316 g/mol. The summed E-state index contributed by atoms with van der Waals surface area (Å²) in [5.41, 5.74) is 0. The molecule has 0 amide bonds. The van der Waals surface area contributed by atoms with E-state index in [0.717, 1.165) is 11.8 Å². The van der Waals surface area contributed by atoms with Crippen molar-refractivity contribution in [2.24, 2.45) is 0 Å². The van der Waals surface area contributed by atoms with Gasteiger partial charge < -0.3 is 15.7 Å². The largest absolute Gasteiger partial charge is 0.483 e. The molecule has 2 rings (SSSR count). The summed E-state index contributed by atoms with van der Waals surface area (Å²) >= 11 is 6.87. The molecule has 7 nitrogen and oxygen atoms in total. The van der Waals surface area contributed by atoms with Crippen LogP contribution < -0.4 is 10.6 Å². The molecule has 0 fully saturated rings. The van der Waals surface area contributed by atoms with Crippen molar-refractivity contribution in [2.75, 3.05) is 11.6 Å². The van der Waals surface area contributed by atoms with Gasteiger partial charge in [-0.15, -0.1) is 10.2 Å². The fourth-order valence-electron chi connectivity index (χ4n) is 1.59. The number of ether oxygens (including phenoxy) is 1. The van der Waals surface area contributed by atoms with Crippen molar-refractivity contribution in [2.45, 2.75) is 18.2 Å². The van der Waals surface area contributed by atoms with Crippen molar-refractivity contribution in [3.05, 3.63) is 35.1 Å². The van der Waals surface area contributed by atoms with E-state index in [1.165, 1.54) is 4.68 Å². The second-order valence-electron chi connectivity index (χ2n) is 4.11. The van der Waals surface area contributed by atoms with Gasteiger partial charge in [0.15, 0.2) is 11.9 Å². The number of halogens is 1. The normalized spacial score (nSPS) is 12.1. The van der Waals surface area contributed by atoms with E-state index < -0.39 is 12.1 Å². The summed E-state index contributed by atoms with van der Waals surface area (Å²) in [5.74, 6) is 5.73. The van der Waals surface area contributed by atoms with E-state index in [2.05, 4.69) is 10.2 Å². The molecule has 112 valence electrons. The van der Waals surface area contributed by atoms with E-state index in [9.17, 15) is 4.79 Å². The van der Waals surface area contributed by atoms with Gasteiger partial charge in [0.25, 0.3) is 0 Å². The van der Waals surface area contributed by atoms with Crippen LogP contribution in [0.15, 0.2) is 29.4 Å². The zero-order valence-electron chi connectivity index (χ0n) is 11.1. The van der Waals surface area contributed by atoms with Crippen LogP contribution in [0.3, 0.4) is 0 Å². The molecule has 9 heteroatoms. The molecule has 0 aliphatic rings. The number of nitrogens with two attached hydrogens (primary N) is 1. The lowest BCUT2D eigenvalue weighted by Crippen LogP contribution is -2.19. The quantitative estimate of drug-likeness (QED) is 0.617. The Balaban J connectivity index is 2.09. The van der Waals surface area contributed by atoms with Crippen molar-refractivity contribution in [1.29, 1.82) is 0 Å². The van der Waals surface area contributed by atoms with Gasteiger partial charge >= 0.3 is 5.97 Å². The minimum Gasteiger partial charge on any atom is -0.483 e. The van der Waals surface area contributed by atoms with Crippen LogP contribution in [0.4, 0.5) is 0 Å². The summed E-state index contributed by atoms with van der Waals surface area (Å²) < 4.78 is 6.91. The van der Waals surface area contributed by atoms with Crippen LogP contribution in [0.1, 0.15) is 18.9 Å². The van der Waals surface area contributed by atoms with Crippen molar-refractivity contribution in [1.82, 2.24) is 14.9 Å². The summed E-state index contributed by atoms with van der Waals surface area (Å²) in [6, 6.07) is 6.95. The smallest absolute Gasteiger partial charge is 0.313 e. The summed E-state index contributed by atoms with van der Waals surface area (Å²) in [4.78, 5) is 10.5. The molecule has 0 spiro atoms. The lowest BCUT2D eigenvalue weighted by Gasteiger charge is -2.14. The summed E-state index contributed by atoms with van der Waals surface area (Å²) in [7, 11) is 0. The number of nitrogen functional groups attached to an aromatic ring is 1. The van der Waals surface area contributed by atoms with Gasteiger partial charge in [-0.25, -0.2) is 4.68 Å². The van der Waals surface area contributed by atoms with Crippen LogP contribution in [-0.2, 0) is 4.79 Å². The lowest BCUT2D eigenvalue weighted by atomic mass is 10.3. The Bertz CT molecular complexity index is 649. The van der Waals surface area contributed by atoms with Crippen LogP contribution in [0.5, 0.6) is 5.75 Å². The van der Waals surface area contributed by atoms with Crippen LogP contribution in [-0.4, -0.2) is 31.7 Å². The first-order valence-electron chi connectivity index (χ1n) is 5.94. The number of nitrogens with zero attached hydrogens (tertiary/aromatic N) is 3. The van der Waals surface area contributed by atoms with Crippen molar-refractivity contribution in [3.8, 4) is 5.75 Å². The first-order valence-corrected chi connectivity index (χ1v) is 7.31. The highest BCUT2D eigenvalue weighted by molar-refractivity contribution is 7.99. The Kier molecular flexibility index (Phi) is 4.92. The average molecular weight is 329 g/mol. The van der Waals surface area contributed by atoms with Crippen molar-refractivity contribution >= 4 is 29.3 Å². The fourth-order valence-corrected chi connectivity index (χ4v) is 2.35. The Hall–Kier alpha value is -1.93. The third-order valence-electron chi connectivity index (χ3n) is 2.49. The number of carbonyl (C=O) groups is 1. The highest BCUT2D eigenvalue weighted by Crippen LogP contribution is 2.24. The van der Waals surface area contributed by atoms with Gasteiger partial charge in [0.05, 0.1) is 5.75 Å². The van der Waals surface area contributed by atoms with E-state index in [-0.39, 0.29) is 5.75 Å². The molecular formula is C12H13ClN4O3S. The Labute approximate surface area is 130 Å². The van der Waals surface area contributed by atoms with Gasteiger partial charge in [-0.2, -0.15) is 0 Å². The Morgan fingerprint density at radius 2 is 2.33 bits per heavy atom. The maximum absolute atomic E-state index is 10.5. The van der Waals surface area contributed by atoms with E-state index in [4.69, 9.17) is 27.3 Å². The molecule has 0 aliphatic heterocycles. The van der Waals surface area contributed by atoms with Gasteiger partial charge in [0, 0.05) is 5.02 Å². The molecule has 1 aromatic heterocycles. The number of benzene rings is 1. The van der Waals surface area contributed by atoms with Crippen molar-refractivity contribution < 1.29 is 14.6 Å². The Morgan fingerprint density at radius 1 is 1.57 bits per heavy atom. The molecule has 0 radical (unpaired) electrons. The fraction of sp³-hybridized carbons (Fsp3) is 0.250. The summed E-state index contributed by atoms with van der Waals surface area (Å²) in [5, 5.41) is 17.3. The van der Waals surface area contributed by atoms with Crippen LogP contribution >= 0.6 is 23.4 Å². The lowest BCUT2D eigenvalue weighted by molar-refractivity contribution is -0.133. The number of carboxylic acids is 1. The van der Waals surface area contributed by atoms with Crippen LogP contribution in [0.25, 0.3) is 0 Å². The standard InChI is InChI=1S/C12H13ClN4O3S/c1-7(20-9-4-2-3-8(13)5-9)11-15-16-12(17(11)14)21-6-10(18)19/h2-5,7H,6,14H2,1H3,(H,18,19). The molecule has 1 aromatic carbocycles. The second kappa shape index (κ2) is 6.68. The average Bonchev–Trinajstić information content (AvgIpc) is 2.77. The number of thioether (sulfide) groups is 1. The van der Waals surface area contributed by atoms with Crippen LogP contribution in [0.2, 0.25) is 5.02 Å². The SMILES string of the molecule is CC(Oc1cccc(Cl)c1)c1nnc(SCC(=O)O)n1N. The summed E-state index contributed by atoms with van der Waals surface area (Å²) in [6.07, 6.45) is -0.458. The highest BCUT2D eigenvalue weighted by Gasteiger charge is 2.18. The Morgan fingerprint density at radius 3 is 3.00 bits per heavy atom. The molecule has 21 heavy (non-hydrogen) atoms. The molecule has 0 saturated carbocycles. The first-order chi connectivity index (χ1) is 9.97. The first kappa shape index (κ1) is 15.5. The number of carboxylic acid groups (broad SMARTS) is 1. The molecule has 0 saturated heterocycles. The molecule has 0 bridgehead atoms. The summed E-state index contributed by atoms with van der Waals surface area (Å²) in [6.45, 7) is 1.76. The molecule has 1 heterocycles. The van der Waals surface area contributed by atoms with E-state index in [0.29, 0.717) is 21.8 Å². The van der Waals surface area contributed by atoms with Crippen molar-refractivity contribution in [3.63, 3.8) is 0 Å². The topological polar surface area (TPSA) is 103 Å². The number of rotatable bonds is 6. The highest BCUT2D eigenvalue weighted by atomic mass is 35.5. The van der Waals surface area contributed by atoms with E-state index in [1.807, 2.05) is 0 Å². The van der Waals surface area contributed by atoms with Gasteiger partial charge in [0.1, 0.15) is 5.75 Å². The minimum absolute atomic E-state index is 0.140. The third-order valence-corrected chi connectivity index (χ3v) is 3.65. The number of aromatic nitrogens is 3. The monoisotopic (exact) mass is 328 g/mol. The van der Waals surface area contributed by atoms with Crippen LogP contribution in [0, 0.1) is 0 Å². The second-order valence-corrected chi connectivity index (χ2v) is 5.49. The van der Waals surface area contributed by atoms with E-state index in [1.54, 1.807) is 31.2 Å². The molecule has 1 unspecified atom stereocenters. The van der Waals surface area contributed by atoms with Gasteiger partial charge in [-0.1, -0.05) is 29.4 Å². The van der Waals surface area contributed by atoms with Gasteiger partial charge in [-0.3, -0.25) is 4.79 Å². The van der Waals surface area contributed by atoms with Gasteiger partial charge in [-0.05, 0) is 25.1 Å². The molecule has 2 aromatic rings. The maximum atomic E-state index is 10.5. The van der Waals surface area contributed by atoms with Gasteiger partial charge in [0.2, 0.25) is 5.16 Å². The predicted octanol–water partition coefficient (Wildman–Crippen LogP) is 1.96. The number of hydrogen-bond acceptors (Lipinski definition) is 6. The van der Waals surface area contributed by atoms with E-state index >= 15 is 0 Å². The molecule has 0 aliphatic carbocycles. The number of aliphatic carboxylic acids is 1. The molecule has 3 N–H and O–H groups in total. The predicted molar refractivity (Wildman–Crippen MR) is 79.0 cm³/mol.